The van der Waals surface area contributed by atoms with Crippen molar-refractivity contribution >= 4 is 27.5 Å². The van der Waals surface area contributed by atoms with Gasteiger partial charge in [0.05, 0.1) is 17.1 Å². The van der Waals surface area contributed by atoms with Crippen LogP contribution in [0.4, 0.5) is 4.39 Å². The Kier molecular flexibility index (Phi) is 3.86. The van der Waals surface area contributed by atoms with Gasteiger partial charge in [-0.15, -0.1) is 0 Å². The van der Waals surface area contributed by atoms with E-state index in [9.17, 15) is 4.39 Å². The lowest BCUT2D eigenvalue weighted by Gasteiger charge is -2.04. The maximum Gasteiger partial charge on any atom is 0.136 e. The van der Waals surface area contributed by atoms with E-state index in [0.717, 1.165) is 5.76 Å². The topological polar surface area (TPSA) is 25.2 Å². The number of benzene rings is 1. The third-order valence-electron chi connectivity index (χ3n) is 2.27. The fourth-order valence-electron chi connectivity index (χ4n) is 1.56. The van der Waals surface area contributed by atoms with E-state index in [1.807, 2.05) is 19.2 Å². The smallest absolute Gasteiger partial charge is 0.136 e. The summed E-state index contributed by atoms with van der Waals surface area (Å²) in [6.45, 7) is 0.635. The van der Waals surface area contributed by atoms with Gasteiger partial charge in [0, 0.05) is 4.47 Å². The number of halogens is 3. The van der Waals surface area contributed by atoms with Crippen molar-refractivity contribution in [3.63, 3.8) is 0 Å². The molecule has 0 saturated heterocycles. The van der Waals surface area contributed by atoms with E-state index in [0.29, 0.717) is 27.4 Å². The molecule has 17 heavy (non-hydrogen) atoms. The summed E-state index contributed by atoms with van der Waals surface area (Å²) in [7, 11) is 1.84. The van der Waals surface area contributed by atoms with Crippen LogP contribution < -0.4 is 5.32 Å². The van der Waals surface area contributed by atoms with Crippen molar-refractivity contribution in [1.82, 2.24) is 5.32 Å². The molecule has 0 aliphatic heterocycles. The molecule has 0 aliphatic carbocycles. The minimum absolute atomic E-state index is 0.322. The largest absolute Gasteiger partial charge is 0.460 e. The highest BCUT2D eigenvalue weighted by atomic mass is 79.9. The molecule has 90 valence electrons. The lowest BCUT2D eigenvalue weighted by Crippen LogP contribution is -2.03. The van der Waals surface area contributed by atoms with Crippen molar-refractivity contribution in [2.24, 2.45) is 0 Å². The van der Waals surface area contributed by atoms with E-state index in [2.05, 4.69) is 21.2 Å². The highest BCUT2D eigenvalue weighted by Crippen LogP contribution is 2.36. The molecule has 1 N–H and O–H groups in total. The van der Waals surface area contributed by atoms with Crippen molar-refractivity contribution in [2.45, 2.75) is 6.54 Å². The van der Waals surface area contributed by atoms with Gasteiger partial charge in [-0.25, -0.2) is 4.39 Å². The van der Waals surface area contributed by atoms with Crippen LogP contribution in [0, 0.1) is 5.82 Å². The van der Waals surface area contributed by atoms with Crippen molar-refractivity contribution in [2.75, 3.05) is 7.05 Å². The molecule has 0 radical (unpaired) electrons. The highest BCUT2D eigenvalue weighted by molar-refractivity contribution is 9.10. The second-order valence-electron chi connectivity index (χ2n) is 3.54. The third-order valence-corrected chi connectivity index (χ3v) is 3.19. The maximum absolute atomic E-state index is 13.1. The van der Waals surface area contributed by atoms with E-state index >= 15 is 0 Å². The molecule has 0 amide bonds. The van der Waals surface area contributed by atoms with Gasteiger partial charge in [0.2, 0.25) is 0 Å². The van der Waals surface area contributed by atoms with Gasteiger partial charge < -0.3 is 9.73 Å². The summed E-state index contributed by atoms with van der Waals surface area (Å²) >= 11 is 9.29. The van der Waals surface area contributed by atoms with Gasteiger partial charge in [-0.2, -0.15) is 0 Å². The van der Waals surface area contributed by atoms with E-state index in [1.54, 1.807) is 0 Å². The normalized spacial score (nSPS) is 10.8. The van der Waals surface area contributed by atoms with Crippen LogP contribution in [0.15, 0.2) is 33.2 Å². The first-order chi connectivity index (χ1) is 8.11. The minimum atomic E-state index is -0.382. The maximum atomic E-state index is 13.1. The average Bonchev–Trinajstić information content (AvgIpc) is 2.65. The quantitative estimate of drug-likeness (QED) is 0.916. The van der Waals surface area contributed by atoms with E-state index < -0.39 is 0 Å². The molecular weight excluding hydrogens is 308 g/mol. The van der Waals surface area contributed by atoms with Gasteiger partial charge in [0.25, 0.3) is 0 Å². The summed E-state index contributed by atoms with van der Waals surface area (Å²) in [5.41, 5.74) is 0.662. The van der Waals surface area contributed by atoms with Crippen LogP contribution in [-0.4, -0.2) is 7.05 Å². The Labute approximate surface area is 112 Å². The van der Waals surface area contributed by atoms with Crippen LogP contribution in [0.3, 0.4) is 0 Å². The minimum Gasteiger partial charge on any atom is -0.460 e. The van der Waals surface area contributed by atoms with Crippen LogP contribution >= 0.6 is 27.5 Å². The summed E-state index contributed by atoms with van der Waals surface area (Å²) in [6.07, 6.45) is 0. The average molecular weight is 319 g/mol. The predicted molar refractivity (Wildman–Crippen MR) is 69.6 cm³/mol. The standard InChI is InChI=1S/C12H10BrClFNO/c1-16-6-8-2-3-11(17-8)12-9(13)4-7(15)5-10(12)14/h2-5,16H,6H2,1H3. The van der Waals surface area contributed by atoms with E-state index in [4.69, 9.17) is 16.0 Å². The van der Waals surface area contributed by atoms with Gasteiger partial charge in [0.1, 0.15) is 17.3 Å². The first-order valence-electron chi connectivity index (χ1n) is 5.00. The number of hydrogen-bond acceptors (Lipinski definition) is 2. The molecule has 0 saturated carbocycles. The second-order valence-corrected chi connectivity index (χ2v) is 4.80. The van der Waals surface area contributed by atoms with Crippen LogP contribution in [-0.2, 0) is 6.54 Å². The summed E-state index contributed by atoms with van der Waals surface area (Å²) in [6, 6.07) is 6.30. The molecule has 0 bridgehead atoms. The SMILES string of the molecule is CNCc1ccc(-c2c(Cl)cc(F)cc2Br)o1. The van der Waals surface area contributed by atoms with Gasteiger partial charge in [-0.3, -0.25) is 0 Å². The van der Waals surface area contributed by atoms with Crippen molar-refractivity contribution in [3.8, 4) is 11.3 Å². The number of rotatable bonds is 3. The Morgan fingerprint density at radius 2 is 2.18 bits per heavy atom. The van der Waals surface area contributed by atoms with Gasteiger partial charge in [-0.1, -0.05) is 11.6 Å². The number of nitrogens with one attached hydrogen (secondary N) is 1. The molecule has 0 unspecified atom stereocenters. The van der Waals surface area contributed by atoms with Crippen molar-refractivity contribution in [3.05, 3.63) is 45.3 Å². The van der Waals surface area contributed by atoms with E-state index in [-0.39, 0.29) is 5.82 Å². The molecule has 2 nitrogen and oxygen atoms in total. The molecule has 2 aromatic rings. The molecule has 5 heteroatoms. The fraction of sp³-hybridized carbons (Fsp3) is 0.167. The summed E-state index contributed by atoms with van der Waals surface area (Å²) in [5, 5.41) is 3.31. The van der Waals surface area contributed by atoms with Crippen LogP contribution in [0.25, 0.3) is 11.3 Å². The van der Waals surface area contributed by atoms with Crippen molar-refractivity contribution in [1.29, 1.82) is 0 Å². The fourth-order valence-corrected chi connectivity index (χ4v) is 2.60. The zero-order chi connectivity index (χ0) is 12.4. The molecular formula is C12H10BrClFNO. The number of hydrogen-bond donors (Lipinski definition) is 1. The summed E-state index contributed by atoms with van der Waals surface area (Å²) < 4.78 is 19.3. The molecule has 0 fully saturated rings. The molecule has 0 aliphatic rings. The summed E-state index contributed by atoms with van der Waals surface area (Å²) in [5.74, 6) is 1.04. The molecule has 1 aromatic heterocycles. The first kappa shape index (κ1) is 12.6. The Morgan fingerprint density at radius 3 is 2.82 bits per heavy atom. The monoisotopic (exact) mass is 317 g/mol. The second kappa shape index (κ2) is 5.21. The Bertz CT molecular complexity index is 518. The molecule has 1 heterocycles. The van der Waals surface area contributed by atoms with Crippen LogP contribution in [0.2, 0.25) is 5.02 Å². The lowest BCUT2D eigenvalue weighted by atomic mass is 10.2. The van der Waals surface area contributed by atoms with Crippen LogP contribution in [0.1, 0.15) is 5.76 Å². The Hall–Kier alpha value is -0.840. The third kappa shape index (κ3) is 2.70. The first-order valence-corrected chi connectivity index (χ1v) is 6.17. The predicted octanol–water partition coefficient (Wildman–Crippen LogP) is 4.22. The van der Waals surface area contributed by atoms with Gasteiger partial charge in [-0.05, 0) is 47.2 Å². The lowest BCUT2D eigenvalue weighted by molar-refractivity contribution is 0.507. The van der Waals surface area contributed by atoms with Gasteiger partial charge >= 0.3 is 0 Å². The highest BCUT2D eigenvalue weighted by Gasteiger charge is 2.13. The van der Waals surface area contributed by atoms with Crippen LogP contribution in [0.5, 0.6) is 0 Å². The molecule has 1 aromatic carbocycles. The number of furan rings is 1. The Balaban J connectivity index is 2.45. The molecule has 2 rings (SSSR count). The Morgan fingerprint density at radius 1 is 1.41 bits per heavy atom. The van der Waals surface area contributed by atoms with Gasteiger partial charge in [0.15, 0.2) is 0 Å². The van der Waals surface area contributed by atoms with Crippen molar-refractivity contribution < 1.29 is 8.81 Å². The van der Waals surface area contributed by atoms with E-state index in [1.165, 1.54) is 12.1 Å². The molecule has 0 spiro atoms. The zero-order valence-electron chi connectivity index (χ0n) is 9.06. The zero-order valence-corrected chi connectivity index (χ0v) is 11.4. The summed E-state index contributed by atoms with van der Waals surface area (Å²) in [4.78, 5) is 0. The molecule has 0 atom stereocenters.